The third-order valence-electron chi connectivity index (χ3n) is 6.31. The van der Waals surface area contributed by atoms with E-state index in [4.69, 9.17) is 17.2 Å². The van der Waals surface area contributed by atoms with Crippen LogP contribution in [0.2, 0.25) is 0 Å². The van der Waals surface area contributed by atoms with Gasteiger partial charge in [-0.3, -0.25) is 24.2 Å². The first kappa shape index (κ1) is 29.7. The van der Waals surface area contributed by atoms with Crippen LogP contribution in [0.3, 0.4) is 0 Å². The molecule has 0 aliphatic rings. The number of benzene rings is 2. The minimum Gasteiger partial charge on any atom is -0.370 e. The maximum absolute atomic E-state index is 13.4. The second kappa shape index (κ2) is 14.3. The number of fused-ring (bicyclic) bond motifs is 1. The second-order valence-electron chi connectivity index (χ2n) is 9.48. The normalized spacial score (nSPS) is 13.0. The van der Waals surface area contributed by atoms with E-state index in [9.17, 15) is 19.2 Å². The van der Waals surface area contributed by atoms with Gasteiger partial charge in [-0.2, -0.15) is 0 Å². The number of aromatic amines is 1. The molecule has 0 saturated carbocycles. The van der Waals surface area contributed by atoms with Crippen LogP contribution in [0.4, 0.5) is 0 Å². The maximum atomic E-state index is 13.4. The second-order valence-corrected chi connectivity index (χ2v) is 9.48. The molecule has 10 N–H and O–H groups in total. The minimum absolute atomic E-state index is 0.0915. The third-order valence-corrected chi connectivity index (χ3v) is 6.31. The molecule has 1 heterocycles. The van der Waals surface area contributed by atoms with Crippen molar-refractivity contribution in [1.29, 1.82) is 0 Å². The van der Waals surface area contributed by atoms with Gasteiger partial charge in [-0.1, -0.05) is 48.5 Å². The number of nitrogens with zero attached hydrogens (tertiary/aromatic N) is 1. The fourth-order valence-electron chi connectivity index (χ4n) is 4.36. The lowest BCUT2D eigenvalue weighted by Gasteiger charge is -2.24. The molecule has 212 valence electrons. The van der Waals surface area contributed by atoms with Crippen LogP contribution in [0.25, 0.3) is 10.9 Å². The van der Waals surface area contributed by atoms with Gasteiger partial charge in [-0.25, -0.2) is 0 Å². The van der Waals surface area contributed by atoms with Crippen LogP contribution in [0.1, 0.15) is 30.9 Å². The number of carbonyl (C=O) groups excluding carboxylic acids is 4. The molecular weight excluding hydrogens is 512 g/mol. The summed E-state index contributed by atoms with van der Waals surface area (Å²) >= 11 is 0. The van der Waals surface area contributed by atoms with Crippen molar-refractivity contribution in [2.45, 2.75) is 50.7 Å². The molecule has 3 rings (SSSR count). The van der Waals surface area contributed by atoms with Crippen LogP contribution in [-0.4, -0.2) is 59.2 Å². The van der Waals surface area contributed by atoms with Crippen LogP contribution in [0, 0.1) is 0 Å². The highest BCUT2D eigenvalue weighted by molar-refractivity contribution is 5.94. The molecule has 12 nitrogen and oxygen atoms in total. The summed E-state index contributed by atoms with van der Waals surface area (Å²) in [7, 11) is 0. The lowest BCUT2D eigenvalue weighted by atomic mass is 10.0. The van der Waals surface area contributed by atoms with Crippen molar-refractivity contribution < 1.29 is 19.2 Å². The topological polar surface area (TPSA) is 211 Å². The summed E-state index contributed by atoms with van der Waals surface area (Å²) in [6.07, 6.45) is 2.70. The van der Waals surface area contributed by atoms with Gasteiger partial charge in [0.15, 0.2) is 5.96 Å². The number of aromatic nitrogens is 1. The van der Waals surface area contributed by atoms with Crippen molar-refractivity contribution in [3.8, 4) is 0 Å². The predicted molar refractivity (Wildman–Crippen MR) is 153 cm³/mol. The van der Waals surface area contributed by atoms with Crippen LogP contribution in [-0.2, 0) is 32.0 Å². The number of primary amides is 1. The summed E-state index contributed by atoms with van der Waals surface area (Å²) in [6, 6.07) is 13.7. The minimum atomic E-state index is -1.04. The molecule has 3 atom stereocenters. The number of nitrogens with two attached hydrogens (primary N) is 3. The molecular formula is C28H36N8O4. The number of para-hydroxylation sites is 1. The molecule has 0 spiro atoms. The predicted octanol–water partition coefficient (Wildman–Crippen LogP) is -0.0337. The van der Waals surface area contributed by atoms with Crippen LogP contribution in [0.5, 0.6) is 0 Å². The lowest BCUT2D eigenvalue weighted by molar-refractivity contribution is -0.133. The third kappa shape index (κ3) is 8.86. The van der Waals surface area contributed by atoms with Gasteiger partial charge in [0.05, 0.1) is 0 Å². The molecule has 3 aromatic rings. The molecule has 4 amide bonds. The Morgan fingerprint density at radius 1 is 0.825 bits per heavy atom. The Balaban J connectivity index is 1.78. The SMILES string of the molecule is CC(=O)N[C@@H](Cc1c[nH]c2ccccc12)C(=O)N[C@@H](CCCN=C(N)N)C(=O)N[C@@H](Cc1ccccc1)C(N)=O. The first-order valence-electron chi connectivity index (χ1n) is 13.0. The van der Waals surface area contributed by atoms with Gasteiger partial charge in [0.25, 0.3) is 0 Å². The fraction of sp³-hybridized carbons (Fsp3) is 0.321. The molecule has 1 aromatic heterocycles. The van der Waals surface area contributed by atoms with Gasteiger partial charge in [0.2, 0.25) is 23.6 Å². The largest absolute Gasteiger partial charge is 0.370 e. The Labute approximate surface area is 232 Å². The van der Waals surface area contributed by atoms with Crippen LogP contribution < -0.4 is 33.2 Å². The first-order chi connectivity index (χ1) is 19.1. The summed E-state index contributed by atoms with van der Waals surface area (Å²) in [4.78, 5) is 58.0. The number of guanidine groups is 1. The van der Waals surface area contributed by atoms with Gasteiger partial charge in [-0.05, 0) is 30.0 Å². The molecule has 0 unspecified atom stereocenters. The quantitative estimate of drug-likeness (QED) is 0.0834. The molecule has 40 heavy (non-hydrogen) atoms. The molecule has 0 bridgehead atoms. The molecule has 0 radical (unpaired) electrons. The number of nitrogens with one attached hydrogen (secondary N) is 4. The van der Waals surface area contributed by atoms with E-state index in [1.807, 2.05) is 54.6 Å². The molecule has 0 saturated heterocycles. The van der Waals surface area contributed by atoms with Crippen LogP contribution in [0.15, 0.2) is 65.8 Å². The van der Waals surface area contributed by atoms with Crippen molar-refractivity contribution in [2.24, 2.45) is 22.2 Å². The number of carbonyl (C=O) groups is 4. The molecule has 0 fully saturated rings. The fourth-order valence-corrected chi connectivity index (χ4v) is 4.36. The number of hydrogen-bond acceptors (Lipinski definition) is 5. The average Bonchev–Trinajstić information content (AvgIpc) is 3.32. The molecule has 12 heteroatoms. The van der Waals surface area contributed by atoms with E-state index in [-0.39, 0.29) is 31.8 Å². The van der Waals surface area contributed by atoms with E-state index >= 15 is 0 Å². The van der Waals surface area contributed by atoms with E-state index in [2.05, 4.69) is 25.9 Å². The highest BCUT2D eigenvalue weighted by atomic mass is 16.2. The summed E-state index contributed by atoms with van der Waals surface area (Å²) in [5.74, 6) is -2.35. The Kier molecular flexibility index (Phi) is 10.6. The maximum Gasteiger partial charge on any atom is 0.243 e. The highest BCUT2D eigenvalue weighted by Gasteiger charge is 2.29. The van der Waals surface area contributed by atoms with Crippen LogP contribution >= 0.6 is 0 Å². The van der Waals surface area contributed by atoms with Crippen molar-refractivity contribution in [2.75, 3.05) is 6.54 Å². The summed E-state index contributed by atoms with van der Waals surface area (Å²) in [5, 5.41) is 9.00. The van der Waals surface area contributed by atoms with Crippen molar-refractivity contribution in [3.63, 3.8) is 0 Å². The Morgan fingerprint density at radius 3 is 2.15 bits per heavy atom. The Hall–Kier alpha value is -4.87. The average molecular weight is 549 g/mol. The highest BCUT2D eigenvalue weighted by Crippen LogP contribution is 2.19. The summed E-state index contributed by atoms with van der Waals surface area (Å²) < 4.78 is 0. The molecule has 0 aliphatic carbocycles. The standard InChI is InChI=1S/C28H36N8O4/c1-17(37)34-24(15-19-16-33-21-11-6-5-10-20(19)21)27(40)35-22(12-7-13-32-28(30)31)26(39)36-23(25(29)38)14-18-8-3-2-4-9-18/h2-6,8-11,16,22-24,33H,7,12-15H2,1H3,(H2,29,38)(H,34,37)(H,35,40)(H,36,39)(H4,30,31,32)/t22-,23-,24-/m0/s1. The number of aliphatic imine (C=N–C) groups is 1. The number of hydrogen-bond donors (Lipinski definition) is 7. The van der Waals surface area contributed by atoms with E-state index in [0.717, 1.165) is 22.0 Å². The summed E-state index contributed by atoms with van der Waals surface area (Å²) in [6.45, 7) is 1.55. The first-order valence-corrected chi connectivity index (χ1v) is 13.0. The van der Waals surface area contributed by atoms with E-state index in [0.29, 0.717) is 6.42 Å². The van der Waals surface area contributed by atoms with E-state index in [1.54, 1.807) is 6.20 Å². The van der Waals surface area contributed by atoms with Gasteiger partial charge in [0.1, 0.15) is 18.1 Å². The summed E-state index contributed by atoms with van der Waals surface area (Å²) in [5.41, 5.74) is 18.9. The van der Waals surface area contributed by atoms with Crippen molar-refractivity contribution in [3.05, 3.63) is 71.9 Å². The van der Waals surface area contributed by atoms with Gasteiger partial charge >= 0.3 is 0 Å². The zero-order valence-electron chi connectivity index (χ0n) is 22.4. The monoisotopic (exact) mass is 548 g/mol. The zero-order valence-corrected chi connectivity index (χ0v) is 22.4. The molecule has 2 aromatic carbocycles. The van der Waals surface area contributed by atoms with Gasteiger partial charge in [-0.15, -0.1) is 0 Å². The van der Waals surface area contributed by atoms with Gasteiger partial charge in [0, 0.05) is 43.4 Å². The van der Waals surface area contributed by atoms with E-state index < -0.39 is 41.8 Å². The smallest absolute Gasteiger partial charge is 0.243 e. The zero-order chi connectivity index (χ0) is 29.1. The van der Waals surface area contributed by atoms with Crippen molar-refractivity contribution >= 4 is 40.5 Å². The Bertz CT molecular complexity index is 1350. The van der Waals surface area contributed by atoms with Crippen molar-refractivity contribution in [1.82, 2.24) is 20.9 Å². The number of H-pyrrole nitrogens is 1. The number of amides is 4. The lowest BCUT2D eigenvalue weighted by Crippen LogP contribution is -2.57. The Morgan fingerprint density at radius 2 is 1.48 bits per heavy atom. The van der Waals surface area contributed by atoms with E-state index in [1.165, 1.54) is 6.92 Å². The molecule has 0 aliphatic heterocycles. The number of rotatable bonds is 14. The van der Waals surface area contributed by atoms with Gasteiger partial charge < -0.3 is 38.1 Å².